The van der Waals surface area contributed by atoms with Crippen molar-refractivity contribution in [3.63, 3.8) is 0 Å². The number of benzene rings is 1. The van der Waals surface area contributed by atoms with E-state index in [4.69, 9.17) is 4.74 Å². The van der Waals surface area contributed by atoms with E-state index in [1.807, 2.05) is 6.07 Å². The van der Waals surface area contributed by atoms with Crippen LogP contribution in [-0.4, -0.2) is 40.8 Å². The number of carbonyl (C=O) groups is 1. The first-order chi connectivity index (χ1) is 11.3. The second-order valence-electron chi connectivity index (χ2n) is 5.96. The Balaban J connectivity index is 1.48. The average Bonchev–Trinajstić information content (AvgIpc) is 2.62. The molecular formula is C18H21N3O2. The van der Waals surface area contributed by atoms with Crippen LogP contribution in [0.15, 0.2) is 48.8 Å². The predicted octanol–water partition coefficient (Wildman–Crippen LogP) is 2.55. The lowest BCUT2D eigenvalue weighted by Gasteiger charge is -2.32. The zero-order chi connectivity index (χ0) is 15.9. The summed E-state index contributed by atoms with van der Waals surface area (Å²) in [6.07, 6.45) is 5.18. The van der Waals surface area contributed by atoms with Crippen molar-refractivity contribution in [1.82, 2.24) is 15.1 Å². The molecule has 0 spiro atoms. The molecule has 0 radical (unpaired) electrons. The van der Waals surface area contributed by atoms with E-state index in [-0.39, 0.29) is 5.97 Å². The summed E-state index contributed by atoms with van der Waals surface area (Å²) in [5.74, 6) is 0.0753. The van der Waals surface area contributed by atoms with Crippen molar-refractivity contribution in [3.05, 3.63) is 59.9 Å². The number of nitrogens with zero attached hydrogens (tertiary/aromatic N) is 3. The van der Waals surface area contributed by atoms with Gasteiger partial charge in [-0.25, -0.2) is 4.79 Å². The van der Waals surface area contributed by atoms with Gasteiger partial charge in [0.25, 0.3) is 0 Å². The van der Waals surface area contributed by atoms with Crippen molar-refractivity contribution in [2.24, 2.45) is 5.92 Å². The Kier molecular flexibility index (Phi) is 5.32. The minimum absolute atomic E-state index is 0.319. The molecule has 1 atom stereocenters. The summed E-state index contributed by atoms with van der Waals surface area (Å²) in [6, 6.07) is 12.1. The number of rotatable bonds is 5. The first kappa shape index (κ1) is 15.6. The summed E-state index contributed by atoms with van der Waals surface area (Å²) in [5.41, 5.74) is 1.78. The lowest BCUT2D eigenvalue weighted by Crippen LogP contribution is -2.37. The molecule has 0 N–H and O–H groups in total. The van der Waals surface area contributed by atoms with E-state index in [1.165, 1.54) is 18.0 Å². The highest BCUT2D eigenvalue weighted by atomic mass is 16.5. The van der Waals surface area contributed by atoms with Gasteiger partial charge in [0, 0.05) is 19.0 Å². The minimum Gasteiger partial charge on any atom is -0.462 e. The zero-order valence-electron chi connectivity index (χ0n) is 13.1. The fourth-order valence-corrected chi connectivity index (χ4v) is 2.96. The fourth-order valence-electron chi connectivity index (χ4n) is 2.96. The molecule has 1 aliphatic heterocycles. The van der Waals surface area contributed by atoms with Gasteiger partial charge < -0.3 is 4.74 Å². The summed E-state index contributed by atoms with van der Waals surface area (Å²) in [5, 5.41) is 7.36. The zero-order valence-corrected chi connectivity index (χ0v) is 13.1. The number of carbonyl (C=O) groups excluding carboxylic acids is 1. The minimum atomic E-state index is -0.319. The third kappa shape index (κ3) is 4.60. The molecule has 1 fully saturated rings. The first-order valence-electron chi connectivity index (χ1n) is 8.01. The van der Waals surface area contributed by atoms with Crippen LogP contribution in [-0.2, 0) is 11.3 Å². The lowest BCUT2D eigenvalue weighted by atomic mass is 9.98. The van der Waals surface area contributed by atoms with Gasteiger partial charge in [-0.15, -0.1) is 0 Å². The van der Waals surface area contributed by atoms with E-state index in [1.54, 1.807) is 6.07 Å². The quantitative estimate of drug-likeness (QED) is 0.794. The van der Waals surface area contributed by atoms with Gasteiger partial charge in [0.15, 0.2) is 0 Å². The molecule has 120 valence electrons. The smallest absolute Gasteiger partial charge is 0.339 e. The third-order valence-corrected chi connectivity index (χ3v) is 4.12. The third-order valence-electron chi connectivity index (χ3n) is 4.12. The maximum Gasteiger partial charge on any atom is 0.339 e. The van der Waals surface area contributed by atoms with Crippen LogP contribution in [0.5, 0.6) is 0 Å². The number of piperidine rings is 1. The summed E-state index contributed by atoms with van der Waals surface area (Å²) in [4.78, 5) is 14.4. The molecule has 3 rings (SSSR count). The van der Waals surface area contributed by atoms with Crippen LogP contribution in [0.3, 0.4) is 0 Å². The van der Waals surface area contributed by atoms with E-state index < -0.39 is 0 Å². The van der Waals surface area contributed by atoms with E-state index in [2.05, 4.69) is 39.4 Å². The van der Waals surface area contributed by atoms with Gasteiger partial charge in [0.05, 0.1) is 24.6 Å². The number of esters is 1. The number of hydrogen-bond donors (Lipinski definition) is 0. The standard InChI is InChI=1S/C18H21N3O2/c22-18(17-8-9-19-20-11-17)23-14-16-7-4-10-21(13-16)12-15-5-2-1-3-6-15/h1-3,5-6,8-9,11,16H,4,7,10,12-14H2/t16-/m0/s1. The van der Waals surface area contributed by atoms with Crippen LogP contribution in [0.4, 0.5) is 0 Å². The van der Waals surface area contributed by atoms with Crippen molar-refractivity contribution in [2.45, 2.75) is 19.4 Å². The summed E-state index contributed by atoms with van der Waals surface area (Å²) >= 11 is 0. The van der Waals surface area contributed by atoms with Crippen molar-refractivity contribution in [2.75, 3.05) is 19.7 Å². The molecule has 0 saturated carbocycles. The van der Waals surface area contributed by atoms with E-state index in [0.29, 0.717) is 18.1 Å². The normalized spacial score (nSPS) is 18.5. The monoisotopic (exact) mass is 311 g/mol. The van der Waals surface area contributed by atoms with Gasteiger partial charge in [-0.3, -0.25) is 4.90 Å². The summed E-state index contributed by atoms with van der Waals surface area (Å²) < 4.78 is 5.43. The van der Waals surface area contributed by atoms with Gasteiger partial charge in [-0.05, 0) is 31.0 Å². The highest BCUT2D eigenvalue weighted by Gasteiger charge is 2.21. The summed E-state index contributed by atoms with van der Waals surface area (Å²) in [7, 11) is 0. The number of aromatic nitrogens is 2. The second-order valence-corrected chi connectivity index (χ2v) is 5.96. The molecule has 1 aromatic carbocycles. The highest BCUT2D eigenvalue weighted by Crippen LogP contribution is 2.19. The van der Waals surface area contributed by atoms with Crippen molar-refractivity contribution in [1.29, 1.82) is 0 Å². The molecule has 0 bridgehead atoms. The number of hydrogen-bond acceptors (Lipinski definition) is 5. The molecule has 5 heteroatoms. The molecule has 1 aliphatic rings. The second kappa shape index (κ2) is 7.83. The van der Waals surface area contributed by atoms with Crippen molar-refractivity contribution < 1.29 is 9.53 Å². The number of ether oxygens (including phenoxy) is 1. The Labute approximate surface area is 136 Å². The van der Waals surface area contributed by atoms with Gasteiger partial charge in [0.2, 0.25) is 0 Å². The lowest BCUT2D eigenvalue weighted by molar-refractivity contribution is 0.0347. The van der Waals surface area contributed by atoms with Crippen LogP contribution < -0.4 is 0 Å². The topological polar surface area (TPSA) is 55.3 Å². The van der Waals surface area contributed by atoms with E-state index in [0.717, 1.165) is 32.5 Å². The maximum atomic E-state index is 12.0. The molecule has 23 heavy (non-hydrogen) atoms. The van der Waals surface area contributed by atoms with Crippen molar-refractivity contribution in [3.8, 4) is 0 Å². The Bertz CT molecular complexity index is 619. The van der Waals surface area contributed by atoms with Gasteiger partial charge in [0.1, 0.15) is 0 Å². The summed E-state index contributed by atoms with van der Waals surface area (Å²) in [6.45, 7) is 3.50. The van der Waals surface area contributed by atoms with E-state index in [9.17, 15) is 4.79 Å². The Morgan fingerprint density at radius 2 is 2.09 bits per heavy atom. The van der Waals surface area contributed by atoms with Gasteiger partial charge in [-0.2, -0.15) is 10.2 Å². The van der Waals surface area contributed by atoms with Gasteiger partial charge in [-0.1, -0.05) is 30.3 Å². The molecule has 1 aromatic heterocycles. The average molecular weight is 311 g/mol. The molecular weight excluding hydrogens is 290 g/mol. The van der Waals surface area contributed by atoms with Crippen LogP contribution in [0.25, 0.3) is 0 Å². The van der Waals surface area contributed by atoms with Crippen molar-refractivity contribution >= 4 is 5.97 Å². The molecule has 1 saturated heterocycles. The number of likely N-dealkylation sites (tertiary alicyclic amines) is 1. The van der Waals surface area contributed by atoms with Crippen LogP contribution in [0.2, 0.25) is 0 Å². The van der Waals surface area contributed by atoms with Gasteiger partial charge >= 0.3 is 5.97 Å². The largest absolute Gasteiger partial charge is 0.462 e. The molecule has 0 unspecified atom stereocenters. The highest BCUT2D eigenvalue weighted by molar-refractivity contribution is 5.88. The molecule has 2 aromatic rings. The molecule has 0 aliphatic carbocycles. The maximum absolute atomic E-state index is 12.0. The first-order valence-corrected chi connectivity index (χ1v) is 8.01. The predicted molar refractivity (Wildman–Crippen MR) is 86.8 cm³/mol. The van der Waals surface area contributed by atoms with E-state index >= 15 is 0 Å². The fraction of sp³-hybridized carbons (Fsp3) is 0.389. The SMILES string of the molecule is O=C(OC[C@H]1CCCN(Cc2ccccc2)C1)c1ccnnc1. The Morgan fingerprint density at radius 1 is 1.22 bits per heavy atom. The van der Waals surface area contributed by atoms with Crippen LogP contribution in [0, 0.1) is 5.92 Å². The molecule has 0 amide bonds. The molecule has 2 heterocycles. The Hall–Kier alpha value is -2.27. The van der Waals surface area contributed by atoms with Crippen LogP contribution in [0.1, 0.15) is 28.8 Å². The van der Waals surface area contributed by atoms with Crippen LogP contribution >= 0.6 is 0 Å². The molecule has 5 nitrogen and oxygen atoms in total. The Morgan fingerprint density at radius 3 is 2.87 bits per heavy atom.